The van der Waals surface area contributed by atoms with Crippen LogP contribution < -0.4 is 0 Å². The van der Waals surface area contributed by atoms with E-state index >= 15 is 0 Å². The van der Waals surface area contributed by atoms with Gasteiger partial charge in [-0.05, 0) is 42.8 Å². The Labute approximate surface area is 135 Å². The van der Waals surface area contributed by atoms with Gasteiger partial charge in [0.05, 0.1) is 4.92 Å². The van der Waals surface area contributed by atoms with Gasteiger partial charge in [-0.2, -0.15) is 0 Å². The van der Waals surface area contributed by atoms with Crippen molar-refractivity contribution in [1.29, 1.82) is 0 Å². The number of pyridine rings is 1. The molecule has 0 spiro atoms. The Hall–Kier alpha value is -2.74. The minimum Gasteiger partial charge on any atom is -0.411 e. The van der Waals surface area contributed by atoms with E-state index < -0.39 is 4.92 Å². The minimum atomic E-state index is -0.475. The summed E-state index contributed by atoms with van der Waals surface area (Å²) in [5, 5.41) is 19.7. The van der Waals surface area contributed by atoms with Gasteiger partial charge in [-0.1, -0.05) is 18.2 Å². The predicted molar refractivity (Wildman–Crippen MR) is 84.2 cm³/mol. The number of benzene rings is 1. The third kappa shape index (κ3) is 3.21. The number of rotatable bonds is 4. The standard InChI is InChI=1S/C15H12N4O3S/c1-9-5-3-4-6-12(9)13-17-18-15(22-13)23-14-10(2)7-11(8-16-14)19(20)21/h3-8H,1-2H3. The summed E-state index contributed by atoms with van der Waals surface area (Å²) >= 11 is 1.18. The highest BCUT2D eigenvalue weighted by Crippen LogP contribution is 2.31. The van der Waals surface area contributed by atoms with Crippen LogP contribution in [0.15, 0.2) is 51.2 Å². The van der Waals surface area contributed by atoms with Crippen LogP contribution in [0.1, 0.15) is 11.1 Å². The Morgan fingerprint density at radius 2 is 1.96 bits per heavy atom. The van der Waals surface area contributed by atoms with Crippen LogP contribution in [0.5, 0.6) is 0 Å². The molecule has 116 valence electrons. The highest BCUT2D eigenvalue weighted by Gasteiger charge is 2.15. The van der Waals surface area contributed by atoms with Gasteiger partial charge in [0.15, 0.2) is 0 Å². The maximum Gasteiger partial charge on any atom is 0.287 e. The molecular formula is C15H12N4O3S. The average Bonchev–Trinajstić information content (AvgIpc) is 2.98. The fourth-order valence-corrected chi connectivity index (χ4v) is 2.70. The molecule has 0 unspecified atom stereocenters. The second-order valence-corrected chi connectivity index (χ2v) is 5.80. The van der Waals surface area contributed by atoms with Gasteiger partial charge in [0.1, 0.15) is 11.2 Å². The van der Waals surface area contributed by atoms with Crippen molar-refractivity contribution < 1.29 is 9.34 Å². The lowest BCUT2D eigenvalue weighted by Crippen LogP contribution is -1.92. The lowest BCUT2D eigenvalue weighted by Gasteiger charge is -2.01. The van der Waals surface area contributed by atoms with Crippen LogP contribution in [0.2, 0.25) is 0 Å². The Bertz CT molecular complexity index is 879. The van der Waals surface area contributed by atoms with E-state index in [9.17, 15) is 10.1 Å². The van der Waals surface area contributed by atoms with E-state index in [-0.39, 0.29) is 5.69 Å². The van der Waals surface area contributed by atoms with Crippen LogP contribution in [0, 0.1) is 24.0 Å². The summed E-state index contributed by atoms with van der Waals surface area (Å²) in [6, 6.07) is 9.19. The Kier molecular flexibility index (Phi) is 4.07. The molecule has 2 heterocycles. The fraction of sp³-hybridized carbons (Fsp3) is 0.133. The van der Waals surface area contributed by atoms with E-state index in [4.69, 9.17) is 4.42 Å². The van der Waals surface area contributed by atoms with Crippen LogP contribution in [0.25, 0.3) is 11.5 Å². The quantitative estimate of drug-likeness (QED) is 0.531. The first-order valence-electron chi connectivity index (χ1n) is 6.73. The first-order chi connectivity index (χ1) is 11.0. The molecular weight excluding hydrogens is 316 g/mol. The maximum absolute atomic E-state index is 10.7. The van der Waals surface area contributed by atoms with E-state index in [0.29, 0.717) is 21.7 Å². The minimum absolute atomic E-state index is 0.0435. The summed E-state index contributed by atoms with van der Waals surface area (Å²) in [7, 11) is 0. The number of nitrogens with zero attached hydrogens (tertiary/aromatic N) is 4. The predicted octanol–water partition coefficient (Wildman–Crippen LogP) is 3.81. The van der Waals surface area contributed by atoms with Crippen molar-refractivity contribution >= 4 is 17.4 Å². The number of hydrogen-bond donors (Lipinski definition) is 0. The van der Waals surface area contributed by atoms with Crippen molar-refractivity contribution in [3.63, 3.8) is 0 Å². The first-order valence-corrected chi connectivity index (χ1v) is 7.54. The zero-order valence-electron chi connectivity index (χ0n) is 12.4. The molecule has 3 aromatic rings. The second-order valence-electron chi connectivity index (χ2n) is 4.86. The van der Waals surface area contributed by atoms with Crippen LogP contribution in [-0.4, -0.2) is 20.1 Å². The summed E-state index contributed by atoms with van der Waals surface area (Å²) in [6.07, 6.45) is 1.22. The van der Waals surface area contributed by atoms with Crippen molar-refractivity contribution in [1.82, 2.24) is 15.2 Å². The lowest BCUT2D eigenvalue weighted by molar-refractivity contribution is -0.385. The molecule has 0 aliphatic rings. The van der Waals surface area contributed by atoms with E-state index in [0.717, 1.165) is 11.1 Å². The summed E-state index contributed by atoms with van der Waals surface area (Å²) in [5.74, 6) is 0.435. The summed E-state index contributed by atoms with van der Waals surface area (Å²) in [6.45, 7) is 3.72. The van der Waals surface area contributed by atoms with E-state index in [1.807, 2.05) is 31.2 Å². The fourth-order valence-electron chi connectivity index (χ4n) is 2.01. The third-order valence-corrected chi connectivity index (χ3v) is 4.15. The zero-order valence-corrected chi connectivity index (χ0v) is 13.2. The van der Waals surface area contributed by atoms with Crippen molar-refractivity contribution in [2.45, 2.75) is 24.1 Å². The largest absolute Gasteiger partial charge is 0.411 e. The van der Waals surface area contributed by atoms with Gasteiger partial charge >= 0.3 is 0 Å². The molecule has 0 N–H and O–H groups in total. The Balaban J connectivity index is 1.85. The van der Waals surface area contributed by atoms with Gasteiger partial charge in [-0.25, -0.2) is 4.98 Å². The van der Waals surface area contributed by atoms with Crippen LogP contribution >= 0.6 is 11.8 Å². The summed E-state index contributed by atoms with van der Waals surface area (Å²) in [4.78, 5) is 14.3. The first kappa shape index (κ1) is 15.2. The van der Waals surface area contributed by atoms with Crippen LogP contribution in [0.3, 0.4) is 0 Å². The topological polar surface area (TPSA) is 95.0 Å². The van der Waals surface area contributed by atoms with Crippen molar-refractivity contribution in [2.24, 2.45) is 0 Å². The SMILES string of the molecule is Cc1ccccc1-c1nnc(Sc2ncc([N+](=O)[O-])cc2C)o1. The molecule has 8 heteroatoms. The second kappa shape index (κ2) is 6.17. The highest BCUT2D eigenvalue weighted by molar-refractivity contribution is 7.99. The number of aryl methyl sites for hydroxylation is 2. The van der Waals surface area contributed by atoms with Gasteiger partial charge in [0.2, 0.25) is 5.89 Å². The molecule has 0 amide bonds. The Morgan fingerprint density at radius 3 is 2.65 bits per heavy atom. The van der Waals surface area contributed by atoms with Crippen molar-refractivity contribution in [3.8, 4) is 11.5 Å². The number of nitro groups is 1. The third-order valence-electron chi connectivity index (χ3n) is 3.19. The lowest BCUT2D eigenvalue weighted by atomic mass is 10.1. The number of hydrogen-bond acceptors (Lipinski definition) is 7. The Morgan fingerprint density at radius 1 is 1.17 bits per heavy atom. The molecule has 1 aromatic carbocycles. The summed E-state index contributed by atoms with van der Waals surface area (Å²) < 4.78 is 5.65. The average molecular weight is 328 g/mol. The molecule has 0 bridgehead atoms. The molecule has 23 heavy (non-hydrogen) atoms. The molecule has 0 saturated heterocycles. The number of aromatic nitrogens is 3. The molecule has 7 nitrogen and oxygen atoms in total. The van der Waals surface area contributed by atoms with Gasteiger partial charge in [-0.3, -0.25) is 10.1 Å². The van der Waals surface area contributed by atoms with Gasteiger partial charge in [-0.15, -0.1) is 10.2 Å². The van der Waals surface area contributed by atoms with Gasteiger partial charge in [0, 0.05) is 11.6 Å². The van der Waals surface area contributed by atoms with E-state index in [2.05, 4.69) is 15.2 Å². The van der Waals surface area contributed by atoms with Crippen LogP contribution in [-0.2, 0) is 0 Å². The molecule has 0 radical (unpaired) electrons. The smallest absolute Gasteiger partial charge is 0.287 e. The van der Waals surface area contributed by atoms with Crippen LogP contribution in [0.4, 0.5) is 5.69 Å². The van der Waals surface area contributed by atoms with Gasteiger partial charge < -0.3 is 4.42 Å². The molecule has 0 atom stereocenters. The van der Waals surface area contributed by atoms with E-state index in [1.165, 1.54) is 24.0 Å². The molecule has 3 rings (SSSR count). The summed E-state index contributed by atoms with van der Waals surface area (Å²) in [5.41, 5.74) is 2.55. The highest BCUT2D eigenvalue weighted by atomic mass is 32.2. The molecule has 0 fully saturated rings. The molecule has 0 aliphatic heterocycles. The molecule has 0 saturated carbocycles. The zero-order chi connectivity index (χ0) is 16.4. The molecule has 0 aliphatic carbocycles. The van der Waals surface area contributed by atoms with Gasteiger partial charge in [0.25, 0.3) is 10.9 Å². The maximum atomic E-state index is 10.7. The molecule has 2 aromatic heterocycles. The van der Waals surface area contributed by atoms with E-state index in [1.54, 1.807) is 6.92 Å². The normalized spacial score (nSPS) is 10.7. The monoisotopic (exact) mass is 328 g/mol. The van der Waals surface area contributed by atoms with Crippen molar-refractivity contribution in [3.05, 3.63) is 57.8 Å². The van der Waals surface area contributed by atoms with Crippen molar-refractivity contribution in [2.75, 3.05) is 0 Å².